The van der Waals surface area contributed by atoms with E-state index in [1.54, 1.807) is 19.2 Å². The molecule has 31 heavy (non-hydrogen) atoms. The molecule has 2 aromatic carbocycles. The Bertz CT molecular complexity index is 947. The Hall–Kier alpha value is -2.29. The van der Waals surface area contributed by atoms with Crippen LogP contribution in [0.5, 0.6) is 11.5 Å². The standard InChI is InChI=1S/C23H32N2O5S/c1-24(2)19-10-8-18(9-11-19)14-25(20-12-13-31(27,28)17-20)15-21(26)16-30-23-7-5-4-6-22(23)29-3/h4-11,20-21,26H,12-17H2,1-3H3. The van der Waals surface area contributed by atoms with Gasteiger partial charge in [-0.05, 0) is 36.2 Å². The Balaban J connectivity index is 1.67. The first kappa shape index (κ1) is 23.4. The molecule has 0 bridgehead atoms. The number of para-hydroxylation sites is 2. The first-order valence-corrected chi connectivity index (χ1v) is 12.2. The molecule has 0 aliphatic carbocycles. The van der Waals surface area contributed by atoms with Crippen LogP contribution in [-0.4, -0.2) is 76.4 Å². The summed E-state index contributed by atoms with van der Waals surface area (Å²) in [6, 6.07) is 15.4. The molecule has 2 atom stereocenters. The second kappa shape index (κ2) is 10.3. The van der Waals surface area contributed by atoms with E-state index in [1.165, 1.54) is 0 Å². The lowest BCUT2D eigenvalue weighted by molar-refractivity contribution is 0.0517. The van der Waals surface area contributed by atoms with Crippen molar-refractivity contribution >= 4 is 15.5 Å². The van der Waals surface area contributed by atoms with Crippen molar-refractivity contribution in [2.75, 3.05) is 50.8 Å². The summed E-state index contributed by atoms with van der Waals surface area (Å²) in [5.41, 5.74) is 2.18. The van der Waals surface area contributed by atoms with Gasteiger partial charge in [0.05, 0.1) is 18.6 Å². The molecule has 2 unspecified atom stereocenters. The first-order valence-electron chi connectivity index (χ1n) is 10.4. The summed E-state index contributed by atoms with van der Waals surface area (Å²) < 4.78 is 35.1. The zero-order chi connectivity index (χ0) is 22.4. The number of aliphatic hydroxyl groups is 1. The van der Waals surface area contributed by atoms with Gasteiger partial charge in [0.25, 0.3) is 0 Å². The number of aliphatic hydroxyl groups excluding tert-OH is 1. The molecule has 8 heteroatoms. The minimum absolute atomic E-state index is 0.0932. The molecule has 0 aromatic heterocycles. The fourth-order valence-electron chi connectivity index (χ4n) is 3.79. The second-order valence-corrected chi connectivity index (χ2v) is 10.4. The largest absolute Gasteiger partial charge is 0.493 e. The number of hydrogen-bond donors (Lipinski definition) is 1. The summed E-state index contributed by atoms with van der Waals surface area (Å²) in [6.45, 7) is 0.986. The Labute approximate surface area is 185 Å². The Morgan fingerprint density at radius 3 is 2.35 bits per heavy atom. The zero-order valence-corrected chi connectivity index (χ0v) is 19.2. The minimum Gasteiger partial charge on any atom is -0.493 e. The van der Waals surface area contributed by atoms with Crippen LogP contribution in [0.4, 0.5) is 5.69 Å². The van der Waals surface area contributed by atoms with Crippen LogP contribution in [0.3, 0.4) is 0 Å². The number of rotatable bonds is 10. The van der Waals surface area contributed by atoms with E-state index in [-0.39, 0.29) is 24.2 Å². The summed E-state index contributed by atoms with van der Waals surface area (Å²) in [5.74, 6) is 1.50. The molecule has 0 spiro atoms. The van der Waals surface area contributed by atoms with E-state index in [9.17, 15) is 13.5 Å². The van der Waals surface area contributed by atoms with Gasteiger partial charge in [0, 0.05) is 38.9 Å². The SMILES string of the molecule is COc1ccccc1OCC(O)CN(Cc1ccc(N(C)C)cc1)C1CCS(=O)(=O)C1. The normalized spacial score (nSPS) is 18.7. The molecule has 3 rings (SSSR count). The summed E-state index contributed by atoms with van der Waals surface area (Å²) in [5, 5.41) is 10.7. The van der Waals surface area contributed by atoms with Crippen molar-refractivity contribution in [2.45, 2.75) is 25.1 Å². The van der Waals surface area contributed by atoms with Crippen LogP contribution in [0.15, 0.2) is 48.5 Å². The maximum Gasteiger partial charge on any atom is 0.161 e. The molecule has 0 amide bonds. The van der Waals surface area contributed by atoms with Gasteiger partial charge in [-0.1, -0.05) is 24.3 Å². The van der Waals surface area contributed by atoms with E-state index in [4.69, 9.17) is 9.47 Å². The maximum atomic E-state index is 12.1. The van der Waals surface area contributed by atoms with E-state index in [0.29, 0.717) is 31.0 Å². The first-order chi connectivity index (χ1) is 14.8. The van der Waals surface area contributed by atoms with Crippen molar-refractivity contribution in [1.82, 2.24) is 4.90 Å². The van der Waals surface area contributed by atoms with Crippen molar-refractivity contribution in [3.05, 3.63) is 54.1 Å². The third kappa shape index (κ3) is 6.59. The van der Waals surface area contributed by atoms with Crippen molar-refractivity contribution in [3.63, 3.8) is 0 Å². The zero-order valence-electron chi connectivity index (χ0n) is 18.4. The number of anilines is 1. The predicted molar refractivity (Wildman–Crippen MR) is 123 cm³/mol. The quantitative estimate of drug-likeness (QED) is 0.597. The van der Waals surface area contributed by atoms with E-state index >= 15 is 0 Å². The summed E-state index contributed by atoms with van der Waals surface area (Å²) in [4.78, 5) is 4.09. The molecule has 1 heterocycles. The van der Waals surface area contributed by atoms with Crippen LogP contribution in [0, 0.1) is 0 Å². The molecule has 170 valence electrons. The predicted octanol–water partition coefficient (Wildman–Crippen LogP) is 2.19. The molecular formula is C23H32N2O5S. The number of hydrogen-bond acceptors (Lipinski definition) is 7. The number of ether oxygens (including phenoxy) is 2. The van der Waals surface area contributed by atoms with Crippen molar-refractivity contribution < 1.29 is 23.0 Å². The highest BCUT2D eigenvalue weighted by molar-refractivity contribution is 7.91. The van der Waals surface area contributed by atoms with Gasteiger partial charge < -0.3 is 19.5 Å². The van der Waals surface area contributed by atoms with Crippen molar-refractivity contribution in [1.29, 1.82) is 0 Å². The van der Waals surface area contributed by atoms with Gasteiger partial charge >= 0.3 is 0 Å². The molecule has 0 saturated carbocycles. The van der Waals surface area contributed by atoms with Gasteiger partial charge in [-0.25, -0.2) is 8.42 Å². The van der Waals surface area contributed by atoms with E-state index < -0.39 is 15.9 Å². The molecule has 1 aliphatic heterocycles. The van der Waals surface area contributed by atoms with Gasteiger partial charge in [-0.15, -0.1) is 0 Å². The van der Waals surface area contributed by atoms with Crippen LogP contribution in [-0.2, 0) is 16.4 Å². The van der Waals surface area contributed by atoms with Crippen LogP contribution in [0.1, 0.15) is 12.0 Å². The van der Waals surface area contributed by atoms with E-state index in [1.807, 2.05) is 55.4 Å². The third-order valence-corrected chi connectivity index (χ3v) is 7.26. The molecule has 0 radical (unpaired) electrons. The fourth-order valence-corrected chi connectivity index (χ4v) is 5.55. The Morgan fingerprint density at radius 1 is 1.10 bits per heavy atom. The molecule has 1 aliphatic rings. The third-order valence-electron chi connectivity index (χ3n) is 5.51. The van der Waals surface area contributed by atoms with Crippen LogP contribution >= 0.6 is 0 Å². The van der Waals surface area contributed by atoms with Crippen LogP contribution in [0.25, 0.3) is 0 Å². The van der Waals surface area contributed by atoms with Crippen molar-refractivity contribution in [3.8, 4) is 11.5 Å². The number of methoxy groups -OCH3 is 1. The molecule has 1 fully saturated rings. The fraction of sp³-hybridized carbons (Fsp3) is 0.478. The van der Waals surface area contributed by atoms with Gasteiger partial charge in [0.15, 0.2) is 21.3 Å². The van der Waals surface area contributed by atoms with Gasteiger partial charge in [-0.2, -0.15) is 0 Å². The van der Waals surface area contributed by atoms with Gasteiger partial charge in [0.1, 0.15) is 12.7 Å². The molecular weight excluding hydrogens is 416 g/mol. The second-order valence-electron chi connectivity index (χ2n) is 8.16. The van der Waals surface area contributed by atoms with Crippen molar-refractivity contribution in [2.24, 2.45) is 0 Å². The smallest absolute Gasteiger partial charge is 0.161 e. The summed E-state index contributed by atoms with van der Waals surface area (Å²) in [6.07, 6.45) is -0.188. The minimum atomic E-state index is -3.03. The van der Waals surface area contributed by atoms with Gasteiger partial charge in [0.2, 0.25) is 0 Å². The Kier molecular flexibility index (Phi) is 7.80. The summed E-state index contributed by atoms with van der Waals surface area (Å²) >= 11 is 0. The monoisotopic (exact) mass is 448 g/mol. The highest BCUT2D eigenvalue weighted by atomic mass is 32.2. The number of nitrogens with zero attached hydrogens (tertiary/aromatic N) is 2. The highest BCUT2D eigenvalue weighted by Gasteiger charge is 2.33. The lowest BCUT2D eigenvalue weighted by atomic mass is 10.1. The average Bonchev–Trinajstić information content (AvgIpc) is 3.12. The number of sulfone groups is 1. The molecule has 1 saturated heterocycles. The molecule has 1 N–H and O–H groups in total. The highest BCUT2D eigenvalue weighted by Crippen LogP contribution is 2.26. The molecule has 2 aromatic rings. The van der Waals surface area contributed by atoms with Gasteiger partial charge in [-0.3, -0.25) is 4.90 Å². The lowest BCUT2D eigenvalue weighted by Gasteiger charge is -2.30. The Morgan fingerprint density at radius 2 is 1.77 bits per heavy atom. The van der Waals surface area contributed by atoms with Crippen LogP contribution in [0.2, 0.25) is 0 Å². The van der Waals surface area contributed by atoms with E-state index in [2.05, 4.69) is 4.90 Å². The maximum absolute atomic E-state index is 12.1. The average molecular weight is 449 g/mol. The molecule has 7 nitrogen and oxygen atoms in total. The topological polar surface area (TPSA) is 79.3 Å². The van der Waals surface area contributed by atoms with E-state index in [0.717, 1.165) is 11.3 Å². The number of benzene rings is 2. The summed E-state index contributed by atoms with van der Waals surface area (Å²) in [7, 11) is 2.52. The van der Waals surface area contributed by atoms with Crippen LogP contribution < -0.4 is 14.4 Å². The lowest BCUT2D eigenvalue weighted by Crippen LogP contribution is -2.42.